The first-order valence-corrected chi connectivity index (χ1v) is 12.6. The van der Waals surface area contributed by atoms with Gasteiger partial charge in [0.25, 0.3) is 0 Å². The van der Waals surface area contributed by atoms with E-state index in [1.807, 2.05) is 19.1 Å². The summed E-state index contributed by atoms with van der Waals surface area (Å²) in [6.07, 6.45) is 2.73. The minimum absolute atomic E-state index is 0. The molecule has 2 heterocycles. The Hall–Kier alpha value is -3.82. The number of hydrogen-bond donors (Lipinski definition) is 1. The minimum atomic E-state index is -1.18. The molecule has 1 aromatic heterocycles. The molecule has 4 rings (SSSR count). The van der Waals surface area contributed by atoms with Crippen LogP contribution in [0.4, 0.5) is 4.79 Å². The lowest BCUT2D eigenvalue weighted by Crippen LogP contribution is -2.53. The Morgan fingerprint density at radius 3 is 2.55 bits per heavy atom. The van der Waals surface area contributed by atoms with Crippen LogP contribution in [0.1, 0.15) is 40.6 Å². The lowest BCUT2D eigenvalue weighted by Gasteiger charge is -2.28. The first-order chi connectivity index (χ1) is 17.9. The molecule has 1 unspecified atom stereocenters. The second-order valence-corrected chi connectivity index (χ2v) is 10.7. The van der Waals surface area contributed by atoms with E-state index in [1.54, 1.807) is 46.2 Å². The average molecular weight is 528 g/mol. The van der Waals surface area contributed by atoms with Crippen molar-refractivity contribution in [3.63, 3.8) is 0 Å². The number of likely N-dealkylation sites (tertiary alicyclic amines) is 1. The van der Waals surface area contributed by atoms with Crippen LogP contribution in [-0.2, 0) is 19.1 Å². The average Bonchev–Trinajstić information content (AvgIpc) is 3.41. The van der Waals surface area contributed by atoms with E-state index in [-0.39, 0.29) is 20.3 Å². The van der Waals surface area contributed by atoms with Gasteiger partial charge in [0, 0.05) is 30.9 Å². The van der Waals surface area contributed by atoms with Crippen molar-refractivity contribution in [1.82, 2.24) is 15.2 Å². The first kappa shape index (κ1) is 27.2. The summed E-state index contributed by atoms with van der Waals surface area (Å²) in [5, 5.41) is 3.62. The molecule has 2 amide bonds. The first-order valence-electron chi connectivity index (χ1n) is 12.6. The van der Waals surface area contributed by atoms with Crippen molar-refractivity contribution in [2.45, 2.75) is 63.8 Å². The van der Waals surface area contributed by atoms with Crippen molar-refractivity contribution in [1.29, 1.82) is 0 Å². The van der Waals surface area contributed by atoms with Crippen molar-refractivity contribution >= 4 is 28.9 Å². The van der Waals surface area contributed by atoms with Crippen LogP contribution in [0.3, 0.4) is 0 Å². The van der Waals surface area contributed by atoms with Gasteiger partial charge in [-0.05, 0) is 52.3 Å². The van der Waals surface area contributed by atoms with E-state index in [0.29, 0.717) is 17.9 Å². The van der Waals surface area contributed by atoms with Crippen LogP contribution < -0.4 is 14.8 Å². The summed E-state index contributed by atoms with van der Waals surface area (Å²) in [7, 11) is 2.88. The quantitative estimate of drug-likeness (QED) is 0.427. The Labute approximate surface area is 223 Å². The third-order valence-electron chi connectivity index (χ3n) is 6.98. The number of aryl methyl sites for hydroxylation is 1. The second-order valence-electron chi connectivity index (χ2n) is 10.7. The van der Waals surface area contributed by atoms with Gasteiger partial charge in [-0.15, -0.1) is 6.58 Å². The number of benzene rings is 1. The molecule has 2 fully saturated rings. The number of hydrogen-bond acceptors (Lipinski definition) is 8. The highest BCUT2D eigenvalue weighted by Crippen LogP contribution is 2.45. The van der Waals surface area contributed by atoms with Gasteiger partial charge in [0.15, 0.2) is 0 Å². The SMILES string of the molecule is C=CC1C[C@]1(NC(=O)[C@@H]1C[C@@H](Oc2ccnc3c(C)c(OC)ccc23)CN1C(=O)OC(C)(C)C)C(=O)OC.[HH]. The molecule has 1 N–H and O–H groups in total. The summed E-state index contributed by atoms with van der Waals surface area (Å²) in [4.78, 5) is 45.0. The smallest absolute Gasteiger partial charge is 0.411 e. The molecule has 10 nitrogen and oxygen atoms in total. The van der Waals surface area contributed by atoms with Gasteiger partial charge < -0.3 is 24.3 Å². The van der Waals surface area contributed by atoms with E-state index in [9.17, 15) is 14.4 Å². The maximum Gasteiger partial charge on any atom is 0.411 e. The summed E-state index contributed by atoms with van der Waals surface area (Å²) in [6.45, 7) is 11.1. The predicted molar refractivity (Wildman–Crippen MR) is 142 cm³/mol. The molecule has 0 radical (unpaired) electrons. The monoisotopic (exact) mass is 527 g/mol. The topological polar surface area (TPSA) is 116 Å². The van der Waals surface area contributed by atoms with Gasteiger partial charge in [-0.25, -0.2) is 9.59 Å². The van der Waals surface area contributed by atoms with Crippen LogP contribution in [0.15, 0.2) is 37.1 Å². The Bertz CT molecular complexity index is 1280. The largest absolute Gasteiger partial charge is 0.496 e. The molecule has 0 bridgehead atoms. The lowest BCUT2D eigenvalue weighted by molar-refractivity contribution is -0.147. The van der Waals surface area contributed by atoms with Crippen LogP contribution in [0, 0.1) is 12.8 Å². The Morgan fingerprint density at radius 2 is 1.95 bits per heavy atom. The number of rotatable bonds is 7. The number of aromatic nitrogens is 1. The van der Waals surface area contributed by atoms with E-state index in [1.165, 1.54) is 12.0 Å². The third-order valence-corrected chi connectivity index (χ3v) is 6.98. The molecule has 0 spiro atoms. The van der Waals surface area contributed by atoms with Gasteiger partial charge in [0.1, 0.15) is 34.8 Å². The van der Waals surface area contributed by atoms with Crippen LogP contribution in [0.25, 0.3) is 10.9 Å². The second kappa shape index (κ2) is 10.2. The number of amides is 2. The molecule has 1 saturated carbocycles. The van der Waals surface area contributed by atoms with Crippen molar-refractivity contribution in [3.8, 4) is 11.5 Å². The van der Waals surface area contributed by atoms with Crippen molar-refractivity contribution in [2.24, 2.45) is 5.92 Å². The number of nitrogens with zero attached hydrogens (tertiary/aromatic N) is 2. The van der Waals surface area contributed by atoms with Crippen molar-refractivity contribution < 1.29 is 34.8 Å². The highest BCUT2D eigenvalue weighted by Gasteiger charge is 2.62. The summed E-state index contributed by atoms with van der Waals surface area (Å²) in [5.41, 5.74) is -0.317. The molecule has 1 saturated heterocycles. The maximum absolute atomic E-state index is 13.5. The molecule has 206 valence electrons. The number of carbonyl (C=O) groups excluding carboxylic acids is 3. The summed E-state index contributed by atoms with van der Waals surface area (Å²) < 4.78 is 22.3. The number of esters is 1. The maximum atomic E-state index is 13.5. The van der Waals surface area contributed by atoms with E-state index in [2.05, 4.69) is 16.9 Å². The number of nitrogens with one attached hydrogen (secondary N) is 1. The van der Waals surface area contributed by atoms with E-state index >= 15 is 0 Å². The lowest BCUT2D eigenvalue weighted by atomic mass is 10.1. The van der Waals surface area contributed by atoms with Crippen LogP contribution >= 0.6 is 0 Å². The molecule has 10 heteroatoms. The summed E-state index contributed by atoms with van der Waals surface area (Å²) in [6, 6.07) is 4.57. The number of methoxy groups -OCH3 is 2. The fraction of sp³-hybridized carbons (Fsp3) is 0.500. The van der Waals surface area contributed by atoms with Gasteiger partial charge in [0.05, 0.1) is 26.3 Å². The molecular weight excluding hydrogens is 490 g/mol. The zero-order chi connectivity index (χ0) is 27.8. The molecule has 1 aromatic carbocycles. The van der Waals surface area contributed by atoms with Gasteiger partial charge in [0.2, 0.25) is 5.91 Å². The molecule has 1 aliphatic heterocycles. The zero-order valence-electron chi connectivity index (χ0n) is 22.7. The van der Waals surface area contributed by atoms with Crippen molar-refractivity contribution in [3.05, 3.63) is 42.6 Å². The normalized spacial score (nSPS) is 24.5. The standard InChI is InChI=1S/C28H35N3O7.H2/c1-8-17-14-28(17,25(33)36-7)30-24(32)20-13-18(15-31(20)26(34)38-27(3,4)5)37-22-11-12-29-23-16(2)21(35-6)10-9-19(22)23;/h8-12,17-18,20H,1,13-15H2,2-7H3,(H,30,32);1H/t17?,18-,20+,28-;/m1./s1. The highest BCUT2D eigenvalue weighted by atomic mass is 16.6. The zero-order valence-corrected chi connectivity index (χ0v) is 22.7. The molecule has 1 aliphatic carbocycles. The fourth-order valence-electron chi connectivity index (χ4n) is 4.96. The van der Waals surface area contributed by atoms with Gasteiger partial charge in [-0.1, -0.05) is 6.08 Å². The van der Waals surface area contributed by atoms with Gasteiger partial charge in [-0.3, -0.25) is 14.7 Å². The van der Waals surface area contributed by atoms with Crippen LogP contribution in [0.2, 0.25) is 0 Å². The summed E-state index contributed by atoms with van der Waals surface area (Å²) >= 11 is 0. The number of carbonyl (C=O) groups is 3. The van der Waals surface area contributed by atoms with Gasteiger partial charge >= 0.3 is 12.1 Å². The number of ether oxygens (including phenoxy) is 4. The summed E-state index contributed by atoms with van der Waals surface area (Å²) in [5.74, 6) is 0.0335. The molecule has 2 aliphatic rings. The number of pyridine rings is 1. The van der Waals surface area contributed by atoms with Gasteiger partial charge in [-0.2, -0.15) is 0 Å². The Kier molecular flexibility index (Phi) is 7.27. The van der Waals surface area contributed by atoms with Crippen LogP contribution in [0.5, 0.6) is 11.5 Å². The highest BCUT2D eigenvalue weighted by molar-refractivity contribution is 5.95. The van der Waals surface area contributed by atoms with E-state index in [0.717, 1.165) is 16.5 Å². The fourth-order valence-corrected chi connectivity index (χ4v) is 4.96. The van der Waals surface area contributed by atoms with Crippen LogP contribution in [-0.4, -0.2) is 71.9 Å². The Balaban J connectivity index is 0.00000420. The van der Waals surface area contributed by atoms with E-state index < -0.39 is 41.3 Å². The van der Waals surface area contributed by atoms with Crippen molar-refractivity contribution in [2.75, 3.05) is 20.8 Å². The molecular formula is C28H37N3O7. The predicted octanol–water partition coefficient (Wildman–Crippen LogP) is 3.79. The molecule has 2 aromatic rings. The minimum Gasteiger partial charge on any atom is -0.496 e. The molecule has 4 atom stereocenters. The third kappa shape index (κ3) is 5.12. The Morgan fingerprint density at radius 1 is 1.21 bits per heavy atom. The van der Waals surface area contributed by atoms with E-state index in [4.69, 9.17) is 18.9 Å². The number of fused-ring (bicyclic) bond motifs is 1. The molecule has 38 heavy (non-hydrogen) atoms.